The highest BCUT2D eigenvalue weighted by atomic mass is 16.4. The predicted octanol–water partition coefficient (Wildman–Crippen LogP) is 4.05. The molecular weight excluding hydrogens is 330 g/mol. The molecule has 0 saturated carbocycles. The minimum atomic E-state index is -1.08. The molecule has 0 fully saturated rings. The van der Waals surface area contributed by atoms with Crippen LogP contribution in [0.5, 0.6) is 0 Å². The highest BCUT2D eigenvalue weighted by Gasteiger charge is 2.17. The van der Waals surface area contributed by atoms with Gasteiger partial charge in [0.2, 0.25) is 5.76 Å². The van der Waals surface area contributed by atoms with E-state index in [1.807, 2.05) is 48.7 Å². The van der Waals surface area contributed by atoms with E-state index in [9.17, 15) is 4.79 Å². The number of imidazole rings is 1. The monoisotopic (exact) mass is 347 g/mol. The molecule has 0 bridgehead atoms. The van der Waals surface area contributed by atoms with Crippen LogP contribution in [-0.2, 0) is 6.54 Å². The quantitative estimate of drug-likeness (QED) is 0.602. The lowest BCUT2D eigenvalue weighted by Crippen LogP contribution is -2.03. The standard InChI is InChI=1S/C20H17N3O3/c1-12-3-5-14(6-4-12)18-22-16-9-13(2)10-21-19(16)23(18)11-15-7-8-17(26-15)20(24)25/h3-10H,11H2,1-2H3,(H,24,25). The molecule has 0 amide bonds. The van der Waals surface area contributed by atoms with Crippen LogP contribution in [0.25, 0.3) is 22.6 Å². The second-order valence-electron chi connectivity index (χ2n) is 6.31. The van der Waals surface area contributed by atoms with Gasteiger partial charge in [0.05, 0.1) is 6.54 Å². The fraction of sp³-hybridized carbons (Fsp3) is 0.150. The molecule has 0 aliphatic rings. The van der Waals surface area contributed by atoms with Crippen LogP contribution in [0.15, 0.2) is 53.1 Å². The van der Waals surface area contributed by atoms with Gasteiger partial charge in [-0.3, -0.25) is 0 Å². The lowest BCUT2D eigenvalue weighted by Gasteiger charge is -2.07. The number of hydrogen-bond acceptors (Lipinski definition) is 4. The molecule has 26 heavy (non-hydrogen) atoms. The van der Waals surface area contributed by atoms with Gasteiger partial charge in [0.15, 0.2) is 5.65 Å². The van der Waals surface area contributed by atoms with Gasteiger partial charge in [-0.15, -0.1) is 0 Å². The van der Waals surface area contributed by atoms with Gasteiger partial charge in [0.1, 0.15) is 17.1 Å². The Bertz CT molecular complexity index is 1110. The summed E-state index contributed by atoms with van der Waals surface area (Å²) in [4.78, 5) is 20.3. The topological polar surface area (TPSA) is 81.2 Å². The molecule has 0 aliphatic heterocycles. The summed E-state index contributed by atoms with van der Waals surface area (Å²) in [6, 6.07) is 13.2. The summed E-state index contributed by atoms with van der Waals surface area (Å²) in [6.45, 7) is 4.36. The van der Waals surface area contributed by atoms with Gasteiger partial charge in [-0.1, -0.05) is 29.8 Å². The molecule has 3 aromatic heterocycles. The highest BCUT2D eigenvalue weighted by molar-refractivity contribution is 5.84. The van der Waals surface area contributed by atoms with Crippen molar-refractivity contribution in [1.82, 2.24) is 14.5 Å². The third-order valence-electron chi connectivity index (χ3n) is 4.22. The summed E-state index contributed by atoms with van der Waals surface area (Å²) < 4.78 is 7.37. The summed E-state index contributed by atoms with van der Waals surface area (Å²) in [7, 11) is 0. The number of carbonyl (C=O) groups is 1. The molecule has 0 atom stereocenters. The molecule has 0 saturated heterocycles. The van der Waals surface area contributed by atoms with Gasteiger partial charge in [-0.2, -0.15) is 0 Å². The Balaban J connectivity index is 1.85. The van der Waals surface area contributed by atoms with Crippen LogP contribution < -0.4 is 0 Å². The number of furan rings is 1. The molecule has 0 unspecified atom stereocenters. The number of aromatic carboxylic acids is 1. The van der Waals surface area contributed by atoms with Gasteiger partial charge in [0, 0.05) is 11.8 Å². The van der Waals surface area contributed by atoms with E-state index in [4.69, 9.17) is 14.5 Å². The third kappa shape index (κ3) is 2.86. The van der Waals surface area contributed by atoms with E-state index >= 15 is 0 Å². The van der Waals surface area contributed by atoms with Crippen LogP contribution in [0, 0.1) is 13.8 Å². The Labute approximate surface area is 149 Å². The normalized spacial score (nSPS) is 11.2. The molecule has 1 N–H and O–H groups in total. The highest BCUT2D eigenvalue weighted by Crippen LogP contribution is 2.26. The number of benzene rings is 1. The Hall–Kier alpha value is -3.41. The molecule has 4 aromatic rings. The predicted molar refractivity (Wildman–Crippen MR) is 97.2 cm³/mol. The SMILES string of the molecule is Cc1ccc(-c2nc3cc(C)cnc3n2Cc2ccc(C(=O)O)o2)cc1. The van der Waals surface area contributed by atoms with Gasteiger partial charge >= 0.3 is 5.97 Å². The fourth-order valence-corrected chi connectivity index (χ4v) is 2.92. The minimum absolute atomic E-state index is 0.0786. The molecule has 1 aromatic carbocycles. The number of rotatable bonds is 4. The number of nitrogens with zero attached hydrogens (tertiary/aromatic N) is 3. The summed E-state index contributed by atoms with van der Waals surface area (Å²) in [6.07, 6.45) is 1.80. The first-order valence-electron chi connectivity index (χ1n) is 8.23. The van der Waals surface area contributed by atoms with E-state index in [0.717, 1.165) is 28.1 Å². The number of fused-ring (bicyclic) bond motifs is 1. The Morgan fingerprint density at radius 2 is 1.88 bits per heavy atom. The maximum atomic E-state index is 11.1. The van der Waals surface area contributed by atoms with Crippen molar-refractivity contribution in [2.75, 3.05) is 0 Å². The average Bonchev–Trinajstić information content (AvgIpc) is 3.21. The van der Waals surface area contributed by atoms with Crippen molar-refractivity contribution in [3.63, 3.8) is 0 Å². The Morgan fingerprint density at radius 3 is 2.58 bits per heavy atom. The number of carboxylic acid groups (broad SMARTS) is 1. The first-order valence-corrected chi connectivity index (χ1v) is 8.23. The molecule has 0 aliphatic carbocycles. The zero-order chi connectivity index (χ0) is 18.3. The largest absolute Gasteiger partial charge is 0.475 e. The maximum Gasteiger partial charge on any atom is 0.371 e. The van der Waals surface area contributed by atoms with E-state index in [1.165, 1.54) is 11.6 Å². The van der Waals surface area contributed by atoms with Gasteiger partial charge in [-0.05, 0) is 37.6 Å². The van der Waals surface area contributed by atoms with E-state index in [0.29, 0.717) is 12.3 Å². The number of aromatic nitrogens is 3. The molecular formula is C20H17N3O3. The molecule has 0 radical (unpaired) electrons. The average molecular weight is 347 g/mol. The van der Waals surface area contributed by atoms with Crippen molar-refractivity contribution in [2.24, 2.45) is 0 Å². The van der Waals surface area contributed by atoms with Crippen LogP contribution in [0.3, 0.4) is 0 Å². The second kappa shape index (κ2) is 6.15. The van der Waals surface area contributed by atoms with Crippen molar-refractivity contribution in [3.05, 3.63) is 71.3 Å². The van der Waals surface area contributed by atoms with Crippen molar-refractivity contribution in [2.45, 2.75) is 20.4 Å². The zero-order valence-corrected chi connectivity index (χ0v) is 14.4. The smallest absolute Gasteiger partial charge is 0.371 e. The van der Waals surface area contributed by atoms with Gasteiger partial charge in [0.25, 0.3) is 0 Å². The minimum Gasteiger partial charge on any atom is -0.475 e. The number of carboxylic acids is 1. The zero-order valence-electron chi connectivity index (χ0n) is 14.4. The first kappa shape index (κ1) is 16.1. The Kier molecular flexibility index (Phi) is 3.80. The number of pyridine rings is 1. The van der Waals surface area contributed by atoms with Crippen LogP contribution in [0.2, 0.25) is 0 Å². The van der Waals surface area contributed by atoms with Crippen molar-refractivity contribution < 1.29 is 14.3 Å². The van der Waals surface area contributed by atoms with Crippen LogP contribution >= 0.6 is 0 Å². The molecule has 0 spiro atoms. The van der Waals surface area contributed by atoms with E-state index in [-0.39, 0.29) is 5.76 Å². The third-order valence-corrected chi connectivity index (χ3v) is 4.22. The van der Waals surface area contributed by atoms with Crippen molar-refractivity contribution in [1.29, 1.82) is 0 Å². The summed E-state index contributed by atoms with van der Waals surface area (Å²) >= 11 is 0. The van der Waals surface area contributed by atoms with E-state index in [1.54, 1.807) is 12.3 Å². The summed E-state index contributed by atoms with van der Waals surface area (Å²) in [5, 5.41) is 9.06. The fourth-order valence-electron chi connectivity index (χ4n) is 2.92. The molecule has 4 rings (SSSR count). The Morgan fingerprint density at radius 1 is 1.12 bits per heavy atom. The number of hydrogen-bond donors (Lipinski definition) is 1. The summed E-state index contributed by atoms with van der Waals surface area (Å²) in [5.74, 6) is 0.146. The lowest BCUT2D eigenvalue weighted by molar-refractivity contribution is 0.0660. The van der Waals surface area contributed by atoms with Crippen LogP contribution in [-0.4, -0.2) is 25.6 Å². The van der Waals surface area contributed by atoms with Gasteiger partial charge in [-0.25, -0.2) is 14.8 Å². The van der Waals surface area contributed by atoms with Crippen LogP contribution in [0.4, 0.5) is 0 Å². The van der Waals surface area contributed by atoms with Crippen molar-refractivity contribution >= 4 is 17.1 Å². The molecule has 3 heterocycles. The van der Waals surface area contributed by atoms with Crippen LogP contribution in [0.1, 0.15) is 27.4 Å². The first-order chi connectivity index (χ1) is 12.5. The number of aryl methyl sites for hydroxylation is 2. The van der Waals surface area contributed by atoms with Crippen molar-refractivity contribution in [3.8, 4) is 11.4 Å². The summed E-state index contributed by atoms with van der Waals surface area (Å²) in [5.41, 5.74) is 4.70. The molecule has 6 heteroatoms. The molecule has 6 nitrogen and oxygen atoms in total. The van der Waals surface area contributed by atoms with E-state index in [2.05, 4.69) is 4.98 Å². The maximum absolute atomic E-state index is 11.1. The lowest BCUT2D eigenvalue weighted by atomic mass is 10.1. The van der Waals surface area contributed by atoms with E-state index < -0.39 is 5.97 Å². The second-order valence-corrected chi connectivity index (χ2v) is 6.31. The van der Waals surface area contributed by atoms with Gasteiger partial charge < -0.3 is 14.1 Å². The molecule has 130 valence electrons.